The van der Waals surface area contributed by atoms with Gasteiger partial charge in [0.1, 0.15) is 0 Å². The van der Waals surface area contributed by atoms with Crippen LogP contribution in [0, 0.1) is 3.57 Å². The summed E-state index contributed by atoms with van der Waals surface area (Å²) in [6.07, 6.45) is 2.11. The van der Waals surface area contributed by atoms with Gasteiger partial charge in [0.15, 0.2) is 0 Å². The average molecular weight is 338 g/mol. The van der Waals surface area contributed by atoms with Gasteiger partial charge < -0.3 is 0 Å². The Morgan fingerprint density at radius 2 is 2.23 bits per heavy atom. The number of thiol groups is 1. The molecule has 0 atom stereocenters. The van der Waals surface area contributed by atoms with Crippen LogP contribution in [-0.2, 0) is 0 Å². The molecule has 4 heteroatoms. The fourth-order valence-electron chi connectivity index (χ4n) is 1.24. The normalized spacial score (nSPS) is 11.0. The molecule has 0 bridgehead atoms. The van der Waals surface area contributed by atoms with Gasteiger partial charge in [0.25, 0.3) is 0 Å². The molecule has 2 rings (SSSR count). The van der Waals surface area contributed by atoms with Crippen LogP contribution in [0.1, 0.15) is 0 Å². The van der Waals surface area contributed by atoms with Gasteiger partial charge in [0.05, 0.1) is 0 Å². The van der Waals surface area contributed by atoms with Gasteiger partial charge in [-0.3, -0.25) is 0 Å². The van der Waals surface area contributed by atoms with Gasteiger partial charge in [-0.25, -0.2) is 0 Å². The fraction of sp³-hybridized carbons (Fsp3) is 0.111. The number of hydrogen-bond acceptors (Lipinski definition) is 3. The zero-order chi connectivity index (χ0) is 9.42. The smallest absolute Gasteiger partial charge is 0.0376 e. The number of thiophene rings is 1. The minimum atomic E-state index is 1.10. The summed E-state index contributed by atoms with van der Waals surface area (Å²) in [5.41, 5.74) is 0. The van der Waals surface area contributed by atoms with Gasteiger partial charge >= 0.3 is 0 Å². The third-order valence-electron chi connectivity index (χ3n) is 1.80. The van der Waals surface area contributed by atoms with Crippen molar-refractivity contribution in [2.75, 3.05) is 6.26 Å². The standard InChI is InChI=1S/C9H7IS3/c1-12-7-2-5(10)3-8-9(7)6(11)4-13-8/h2-4,11H,1H3. The zero-order valence-electron chi connectivity index (χ0n) is 6.87. The first-order valence-corrected chi connectivity index (χ1v) is 7.29. The van der Waals surface area contributed by atoms with E-state index in [-0.39, 0.29) is 0 Å². The molecule has 13 heavy (non-hydrogen) atoms. The molecule has 0 aliphatic carbocycles. The van der Waals surface area contributed by atoms with Crippen LogP contribution < -0.4 is 0 Å². The molecule has 0 unspecified atom stereocenters. The molecule has 0 saturated carbocycles. The number of halogens is 1. The molecular weight excluding hydrogens is 331 g/mol. The van der Waals surface area contributed by atoms with E-state index < -0.39 is 0 Å². The van der Waals surface area contributed by atoms with E-state index in [0.29, 0.717) is 0 Å². The largest absolute Gasteiger partial charge is 0.143 e. The first kappa shape index (κ1) is 10.1. The molecular formula is C9H7IS3. The molecule has 0 aliphatic rings. The molecule has 0 radical (unpaired) electrons. The lowest BCUT2D eigenvalue weighted by Gasteiger charge is -2.01. The maximum Gasteiger partial charge on any atom is 0.0376 e. The van der Waals surface area contributed by atoms with Crippen LogP contribution >= 0.6 is 58.3 Å². The highest BCUT2D eigenvalue weighted by Gasteiger charge is 2.07. The highest BCUT2D eigenvalue weighted by molar-refractivity contribution is 14.1. The summed E-state index contributed by atoms with van der Waals surface area (Å²) >= 11 is 10.4. The maximum absolute atomic E-state index is 4.45. The van der Waals surface area contributed by atoms with Gasteiger partial charge in [-0.05, 0) is 41.0 Å². The van der Waals surface area contributed by atoms with E-state index >= 15 is 0 Å². The molecule has 0 spiro atoms. The summed E-state index contributed by atoms with van der Waals surface area (Å²) in [5, 5.41) is 3.41. The monoisotopic (exact) mass is 338 g/mol. The van der Waals surface area contributed by atoms with Crippen LogP contribution in [0.2, 0.25) is 0 Å². The van der Waals surface area contributed by atoms with Crippen molar-refractivity contribution >= 4 is 68.4 Å². The number of rotatable bonds is 1. The minimum absolute atomic E-state index is 1.10. The molecule has 68 valence electrons. The SMILES string of the molecule is CSc1cc(I)cc2scc(S)c12. The highest BCUT2D eigenvalue weighted by atomic mass is 127. The summed E-state index contributed by atoms with van der Waals surface area (Å²) in [6, 6.07) is 4.42. The topological polar surface area (TPSA) is 0 Å². The first-order chi connectivity index (χ1) is 6.22. The van der Waals surface area contributed by atoms with Crippen LogP contribution in [0.4, 0.5) is 0 Å². The van der Waals surface area contributed by atoms with Gasteiger partial charge in [0, 0.05) is 28.8 Å². The fourth-order valence-corrected chi connectivity index (χ4v) is 4.46. The Bertz CT molecular complexity index is 447. The molecule has 0 saturated heterocycles. The second-order valence-electron chi connectivity index (χ2n) is 2.60. The predicted molar refractivity (Wildman–Crippen MR) is 73.6 cm³/mol. The Hall–Kier alpha value is 0.610. The molecule has 1 aromatic carbocycles. The Kier molecular flexibility index (Phi) is 3.12. The molecule has 0 fully saturated rings. The third-order valence-corrected chi connectivity index (χ3v) is 4.65. The number of benzene rings is 1. The van der Waals surface area contributed by atoms with Gasteiger partial charge in [-0.1, -0.05) is 0 Å². The highest BCUT2D eigenvalue weighted by Crippen LogP contribution is 2.36. The number of fused-ring (bicyclic) bond motifs is 1. The van der Waals surface area contributed by atoms with E-state index in [4.69, 9.17) is 0 Å². The van der Waals surface area contributed by atoms with Crippen molar-refractivity contribution in [3.05, 3.63) is 21.1 Å². The predicted octanol–water partition coefficient (Wildman–Crippen LogP) is 4.52. The van der Waals surface area contributed by atoms with E-state index in [0.717, 1.165) is 4.90 Å². The molecule has 1 aromatic heterocycles. The Balaban J connectivity index is 2.85. The van der Waals surface area contributed by atoms with Crippen molar-refractivity contribution in [3.8, 4) is 0 Å². The van der Waals surface area contributed by atoms with Crippen LogP contribution in [0.5, 0.6) is 0 Å². The quantitative estimate of drug-likeness (QED) is 0.453. The van der Waals surface area contributed by atoms with Crippen molar-refractivity contribution in [2.45, 2.75) is 9.79 Å². The Morgan fingerprint density at radius 3 is 2.92 bits per heavy atom. The van der Waals surface area contributed by atoms with E-state index in [1.165, 1.54) is 18.6 Å². The maximum atomic E-state index is 4.45. The van der Waals surface area contributed by atoms with E-state index in [1.807, 2.05) is 0 Å². The zero-order valence-corrected chi connectivity index (χ0v) is 11.6. The summed E-state index contributed by atoms with van der Waals surface area (Å²) in [6.45, 7) is 0. The van der Waals surface area contributed by atoms with Crippen LogP contribution in [-0.4, -0.2) is 6.26 Å². The second-order valence-corrected chi connectivity index (χ2v) is 6.09. The van der Waals surface area contributed by atoms with Crippen LogP contribution in [0.15, 0.2) is 27.3 Å². The Labute approximate surface area is 105 Å². The van der Waals surface area contributed by atoms with Gasteiger partial charge in [-0.2, -0.15) is 0 Å². The summed E-state index contributed by atoms with van der Waals surface area (Å²) < 4.78 is 2.63. The average Bonchev–Trinajstić information content (AvgIpc) is 2.46. The van der Waals surface area contributed by atoms with Crippen molar-refractivity contribution in [2.24, 2.45) is 0 Å². The van der Waals surface area contributed by atoms with Crippen molar-refractivity contribution in [3.63, 3.8) is 0 Å². The van der Waals surface area contributed by atoms with Crippen LogP contribution in [0.3, 0.4) is 0 Å². The summed E-state index contributed by atoms with van der Waals surface area (Å²) in [4.78, 5) is 2.42. The molecule has 0 aliphatic heterocycles. The summed E-state index contributed by atoms with van der Waals surface area (Å²) in [5.74, 6) is 0. The third kappa shape index (κ3) is 1.86. The molecule has 0 amide bonds. The minimum Gasteiger partial charge on any atom is -0.143 e. The number of hydrogen-bond donors (Lipinski definition) is 1. The molecule has 0 nitrogen and oxygen atoms in total. The van der Waals surface area contributed by atoms with E-state index in [2.05, 4.69) is 59.0 Å². The molecule has 2 aromatic rings. The van der Waals surface area contributed by atoms with Gasteiger partial charge in [-0.15, -0.1) is 35.7 Å². The van der Waals surface area contributed by atoms with Crippen molar-refractivity contribution in [1.82, 2.24) is 0 Å². The van der Waals surface area contributed by atoms with Crippen molar-refractivity contribution in [1.29, 1.82) is 0 Å². The molecule has 1 heterocycles. The van der Waals surface area contributed by atoms with Crippen LogP contribution in [0.25, 0.3) is 10.1 Å². The second kappa shape index (κ2) is 4.00. The lowest BCUT2D eigenvalue weighted by Crippen LogP contribution is -1.76. The Morgan fingerprint density at radius 1 is 1.46 bits per heavy atom. The van der Waals surface area contributed by atoms with E-state index in [1.54, 1.807) is 23.1 Å². The van der Waals surface area contributed by atoms with Gasteiger partial charge in [0.2, 0.25) is 0 Å². The lowest BCUT2D eigenvalue weighted by atomic mass is 10.3. The lowest BCUT2D eigenvalue weighted by molar-refractivity contribution is 1.48. The first-order valence-electron chi connectivity index (χ1n) is 3.66. The summed E-state index contributed by atoms with van der Waals surface area (Å²) in [7, 11) is 0. The van der Waals surface area contributed by atoms with Crippen molar-refractivity contribution < 1.29 is 0 Å². The van der Waals surface area contributed by atoms with E-state index in [9.17, 15) is 0 Å². The number of thioether (sulfide) groups is 1. The molecule has 0 N–H and O–H groups in total.